The van der Waals surface area contributed by atoms with E-state index in [0.717, 1.165) is 19.6 Å². The molecule has 1 saturated heterocycles. The summed E-state index contributed by atoms with van der Waals surface area (Å²) in [5.74, 6) is 0.618. The van der Waals surface area contributed by atoms with E-state index in [1.807, 2.05) is 4.90 Å². The lowest BCUT2D eigenvalue weighted by Crippen LogP contribution is -2.56. The van der Waals surface area contributed by atoms with E-state index in [4.69, 9.17) is 5.11 Å². The topological polar surface area (TPSA) is 72.9 Å². The minimum Gasteiger partial charge on any atom is -0.395 e. The van der Waals surface area contributed by atoms with Gasteiger partial charge in [-0.15, -0.1) is 0 Å². The maximum atomic E-state index is 12.2. The van der Waals surface area contributed by atoms with Gasteiger partial charge in [-0.25, -0.2) is 0 Å². The predicted octanol–water partition coefficient (Wildman–Crippen LogP) is -0.962. The highest BCUT2D eigenvalue weighted by atomic mass is 16.3. The minimum absolute atomic E-state index is 0.0453. The average Bonchev–Trinajstić information content (AvgIpc) is 3.18. The second kappa shape index (κ2) is 6.34. The normalized spacial score (nSPS) is 23.6. The van der Waals surface area contributed by atoms with Crippen molar-refractivity contribution in [2.24, 2.45) is 5.92 Å². The molecule has 2 fully saturated rings. The molecule has 0 aromatic carbocycles. The molecular formula is C13H23N3O3. The lowest BCUT2D eigenvalue weighted by atomic mass is 10.1. The molecule has 0 aromatic rings. The second-order valence-electron chi connectivity index (χ2n) is 5.48. The van der Waals surface area contributed by atoms with Crippen molar-refractivity contribution in [2.45, 2.75) is 25.3 Å². The number of aliphatic hydroxyl groups is 1. The first-order valence-electron chi connectivity index (χ1n) is 6.99. The fourth-order valence-corrected chi connectivity index (χ4v) is 2.35. The number of nitrogens with one attached hydrogen (secondary N) is 1. The molecule has 0 spiro atoms. The van der Waals surface area contributed by atoms with Crippen LogP contribution in [0.3, 0.4) is 0 Å². The summed E-state index contributed by atoms with van der Waals surface area (Å²) in [7, 11) is 1.65. The Kier molecular flexibility index (Phi) is 4.76. The number of carbonyl (C=O) groups excluding carboxylic acids is 2. The average molecular weight is 269 g/mol. The van der Waals surface area contributed by atoms with Gasteiger partial charge in [-0.2, -0.15) is 0 Å². The van der Waals surface area contributed by atoms with Crippen LogP contribution < -0.4 is 5.32 Å². The Morgan fingerprint density at radius 1 is 1.53 bits per heavy atom. The number of amides is 2. The maximum absolute atomic E-state index is 12.2. The van der Waals surface area contributed by atoms with Gasteiger partial charge >= 0.3 is 0 Å². The van der Waals surface area contributed by atoms with Crippen LogP contribution in [-0.4, -0.2) is 72.6 Å². The molecule has 1 aliphatic heterocycles. The molecule has 1 heterocycles. The molecule has 0 aromatic heterocycles. The van der Waals surface area contributed by atoms with Gasteiger partial charge in [0.05, 0.1) is 19.1 Å². The van der Waals surface area contributed by atoms with Gasteiger partial charge < -0.3 is 20.2 Å². The fraction of sp³-hybridized carbons (Fsp3) is 0.846. The first-order chi connectivity index (χ1) is 9.11. The molecule has 6 heteroatoms. The van der Waals surface area contributed by atoms with Gasteiger partial charge in [-0.05, 0) is 18.8 Å². The van der Waals surface area contributed by atoms with Gasteiger partial charge in [-0.1, -0.05) is 0 Å². The van der Waals surface area contributed by atoms with Crippen LogP contribution in [0.1, 0.15) is 19.3 Å². The number of carbonyl (C=O) groups is 2. The van der Waals surface area contributed by atoms with E-state index < -0.39 is 6.04 Å². The highest BCUT2D eigenvalue weighted by Gasteiger charge is 2.34. The molecule has 2 rings (SSSR count). The molecule has 1 aliphatic carbocycles. The summed E-state index contributed by atoms with van der Waals surface area (Å²) in [6.07, 6.45) is 2.62. The van der Waals surface area contributed by atoms with Gasteiger partial charge in [0, 0.05) is 33.2 Å². The van der Waals surface area contributed by atoms with Crippen LogP contribution in [0.2, 0.25) is 0 Å². The van der Waals surface area contributed by atoms with E-state index in [9.17, 15) is 9.59 Å². The Bertz CT molecular complexity index is 344. The predicted molar refractivity (Wildman–Crippen MR) is 70.4 cm³/mol. The van der Waals surface area contributed by atoms with Crippen molar-refractivity contribution >= 4 is 11.8 Å². The van der Waals surface area contributed by atoms with Gasteiger partial charge in [0.1, 0.15) is 0 Å². The van der Waals surface area contributed by atoms with Crippen molar-refractivity contribution in [3.8, 4) is 0 Å². The first-order valence-corrected chi connectivity index (χ1v) is 6.99. The molecule has 1 atom stereocenters. The Balaban J connectivity index is 1.84. The summed E-state index contributed by atoms with van der Waals surface area (Å²) >= 11 is 0. The van der Waals surface area contributed by atoms with Crippen molar-refractivity contribution in [2.75, 3.05) is 39.8 Å². The summed E-state index contributed by atoms with van der Waals surface area (Å²) in [5, 5.41) is 11.9. The highest BCUT2D eigenvalue weighted by Crippen LogP contribution is 2.30. The minimum atomic E-state index is -0.402. The zero-order valence-electron chi connectivity index (χ0n) is 11.5. The lowest BCUT2D eigenvalue weighted by Gasteiger charge is -2.33. The monoisotopic (exact) mass is 269 g/mol. The third-order valence-electron chi connectivity index (χ3n) is 3.80. The quantitative estimate of drug-likeness (QED) is 0.651. The van der Waals surface area contributed by atoms with Crippen LogP contribution in [0.15, 0.2) is 0 Å². The number of likely N-dealkylation sites (N-methyl/N-ethyl adjacent to an activating group) is 1. The molecule has 108 valence electrons. The molecule has 0 radical (unpaired) electrons. The van der Waals surface area contributed by atoms with E-state index in [-0.39, 0.29) is 24.8 Å². The zero-order valence-corrected chi connectivity index (χ0v) is 11.5. The van der Waals surface area contributed by atoms with Gasteiger partial charge in [0.25, 0.3) is 0 Å². The summed E-state index contributed by atoms with van der Waals surface area (Å²) < 4.78 is 0. The summed E-state index contributed by atoms with van der Waals surface area (Å²) in [5.41, 5.74) is 0. The van der Waals surface area contributed by atoms with E-state index in [1.165, 1.54) is 17.7 Å². The molecule has 1 saturated carbocycles. The maximum Gasteiger partial charge on any atom is 0.240 e. The molecule has 2 N–H and O–H groups in total. The van der Waals surface area contributed by atoms with Crippen molar-refractivity contribution < 1.29 is 14.7 Å². The first kappa shape index (κ1) is 14.3. The molecular weight excluding hydrogens is 246 g/mol. The number of hydrogen-bond donors (Lipinski definition) is 2. The second-order valence-corrected chi connectivity index (χ2v) is 5.48. The molecule has 6 nitrogen and oxygen atoms in total. The Labute approximate surface area is 113 Å². The van der Waals surface area contributed by atoms with Crippen LogP contribution in [0.25, 0.3) is 0 Å². The summed E-state index contributed by atoms with van der Waals surface area (Å²) in [6.45, 7) is 2.60. The lowest BCUT2D eigenvalue weighted by molar-refractivity contribution is -0.140. The van der Waals surface area contributed by atoms with Crippen LogP contribution in [-0.2, 0) is 9.59 Å². The van der Waals surface area contributed by atoms with Gasteiger partial charge in [0.2, 0.25) is 11.8 Å². The van der Waals surface area contributed by atoms with Crippen LogP contribution in [0, 0.1) is 5.92 Å². The van der Waals surface area contributed by atoms with E-state index in [2.05, 4.69) is 5.32 Å². The van der Waals surface area contributed by atoms with E-state index in [1.54, 1.807) is 7.05 Å². The van der Waals surface area contributed by atoms with E-state index in [0.29, 0.717) is 12.5 Å². The van der Waals surface area contributed by atoms with Crippen molar-refractivity contribution in [1.29, 1.82) is 0 Å². The number of nitrogens with zero attached hydrogens (tertiary/aromatic N) is 2. The van der Waals surface area contributed by atoms with Crippen LogP contribution in [0.4, 0.5) is 0 Å². The number of piperazine rings is 1. The molecule has 1 unspecified atom stereocenters. The summed E-state index contributed by atoms with van der Waals surface area (Å²) in [6, 6.07) is -0.402. The van der Waals surface area contributed by atoms with Crippen molar-refractivity contribution in [3.05, 3.63) is 0 Å². The fourth-order valence-electron chi connectivity index (χ4n) is 2.35. The standard InChI is InChI=1S/C13H23N3O3/c1-15(6-7-17)12(18)8-11-13(19)16(5-4-14-11)9-10-2-3-10/h10-11,14,17H,2-9H2,1H3. The van der Waals surface area contributed by atoms with Gasteiger partial charge in [0.15, 0.2) is 0 Å². The molecule has 2 amide bonds. The third-order valence-corrected chi connectivity index (χ3v) is 3.80. The largest absolute Gasteiger partial charge is 0.395 e. The SMILES string of the molecule is CN(CCO)C(=O)CC1NCCN(CC2CC2)C1=O. The molecule has 0 bridgehead atoms. The Hall–Kier alpha value is -1.14. The highest BCUT2D eigenvalue weighted by molar-refractivity contribution is 5.88. The molecule has 19 heavy (non-hydrogen) atoms. The smallest absolute Gasteiger partial charge is 0.240 e. The van der Waals surface area contributed by atoms with Crippen LogP contribution in [0.5, 0.6) is 0 Å². The Morgan fingerprint density at radius 3 is 2.89 bits per heavy atom. The number of rotatable bonds is 6. The molecule has 2 aliphatic rings. The number of aliphatic hydroxyl groups excluding tert-OH is 1. The van der Waals surface area contributed by atoms with E-state index >= 15 is 0 Å². The Morgan fingerprint density at radius 2 is 2.26 bits per heavy atom. The van der Waals surface area contributed by atoms with Crippen molar-refractivity contribution in [3.63, 3.8) is 0 Å². The summed E-state index contributed by atoms with van der Waals surface area (Å²) in [4.78, 5) is 27.5. The zero-order chi connectivity index (χ0) is 13.8. The third kappa shape index (κ3) is 3.91. The number of hydrogen-bond acceptors (Lipinski definition) is 4. The van der Waals surface area contributed by atoms with Crippen molar-refractivity contribution in [1.82, 2.24) is 15.1 Å². The van der Waals surface area contributed by atoms with Gasteiger partial charge in [-0.3, -0.25) is 9.59 Å². The van der Waals surface area contributed by atoms with Crippen LogP contribution >= 0.6 is 0 Å².